The zero-order valence-corrected chi connectivity index (χ0v) is 34.4. The summed E-state index contributed by atoms with van der Waals surface area (Å²) in [4.78, 5) is 38.0. The summed E-state index contributed by atoms with van der Waals surface area (Å²) in [7, 11) is -8.79. The molecule has 0 aliphatic carbocycles. The molecule has 10 atom stereocenters. The highest BCUT2D eigenvalue weighted by atomic mass is 31.2. The van der Waals surface area contributed by atoms with Crippen LogP contribution in [0, 0.1) is 22.7 Å². The SMILES string of the molecule is COC(=O)c1cccc2c1nnn2C1O[C@@H]2COP(=O)(OCCC#N)O[C@H]3[C@@H](F)[C@H](n4cnc5c(NC(=O)c6ccccc6)ncnc54)O[C@@H]3COP(=O)(OCCC#N)O[C@H]2[C@H]1F. The van der Waals surface area contributed by atoms with E-state index in [2.05, 4.69) is 30.6 Å². The van der Waals surface area contributed by atoms with Gasteiger partial charge in [-0.2, -0.15) is 10.5 Å². The molecular formula is C36H34F2N10O13P2. The largest absolute Gasteiger partial charge is 0.475 e. The van der Waals surface area contributed by atoms with Crippen molar-refractivity contribution < 1.29 is 68.9 Å². The number of nitrogens with zero attached hydrogens (tertiary/aromatic N) is 9. The first kappa shape index (κ1) is 43.9. The van der Waals surface area contributed by atoms with Gasteiger partial charge in [0.15, 0.2) is 41.8 Å². The zero-order valence-electron chi connectivity index (χ0n) is 32.6. The lowest BCUT2D eigenvalue weighted by Gasteiger charge is -2.30. The number of rotatable bonds is 11. The Morgan fingerprint density at radius 2 is 1.49 bits per heavy atom. The number of carbonyl (C=O) groups excluding carboxylic acids is 2. The summed E-state index contributed by atoms with van der Waals surface area (Å²) in [6.45, 7) is -2.85. The summed E-state index contributed by atoms with van der Waals surface area (Å²) >= 11 is 0. The van der Waals surface area contributed by atoms with Crippen LogP contribution < -0.4 is 5.32 Å². The van der Waals surface area contributed by atoms with Crippen LogP contribution in [0.15, 0.2) is 61.2 Å². The van der Waals surface area contributed by atoms with Crippen molar-refractivity contribution in [3.05, 3.63) is 72.3 Å². The number of carbonyl (C=O) groups is 2. The third-order valence-corrected chi connectivity index (χ3v) is 12.7. The normalized spacial score (nSPS) is 29.7. The molecule has 27 heteroatoms. The van der Waals surface area contributed by atoms with E-state index in [4.69, 9.17) is 41.4 Å². The van der Waals surface area contributed by atoms with E-state index >= 15 is 8.78 Å². The van der Waals surface area contributed by atoms with Crippen molar-refractivity contribution in [3.8, 4) is 12.1 Å². The minimum absolute atomic E-state index is 0.00452. The number of amides is 1. The number of nitriles is 2. The Morgan fingerprint density at radius 1 is 0.857 bits per heavy atom. The second kappa shape index (κ2) is 18.6. The van der Waals surface area contributed by atoms with E-state index in [1.54, 1.807) is 30.3 Å². The number of benzene rings is 2. The molecule has 2 aromatic carbocycles. The van der Waals surface area contributed by atoms with Gasteiger partial charge < -0.3 is 19.5 Å². The smallest absolute Gasteiger partial charge is 0.465 e. The predicted octanol–water partition coefficient (Wildman–Crippen LogP) is 4.68. The molecule has 3 aliphatic rings. The fourth-order valence-electron chi connectivity index (χ4n) is 6.88. The molecule has 3 fully saturated rings. The van der Waals surface area contributed by atoms with Crippen LogP contribution >= 0.6 is 15.6 Å². The molecule has 0 spiro atoms. The van der Waals surface area contributed by atoms with Gasteiger partial charge in [0.05, 0.1) is 75.9 Å². The number of anilines is 1. The Hall–Kier alpha value is -5.69. The first-order valence-corrected chi connectivity index (χ1v) is 21.8. The molecule has 1 N–H and O–H groups in total. The van der Waals surface area contributed by atoms with Crippen molar-refractivity contribution in [1.82, 2.24) is 34.5 Å². The van der Waals surface area contributed by atoms with E-state index in [0.29, 0.717) is 5.56 Å². The number of esters is 1. The number of aromatic nitrogens is 7. The van der Waals surface area contributed by atoms with E-state index in [1.807, 2.05) is 12.1 Å². The van der Waals surface area contributed by atoms with Gasteiger partial charge in [-0.1, -0.05) is 29.5 Å². The highest BCUT2D eigenvalue weighted by molar-refractivity contribution is 7.48. The number of phosphoric acid groups is 2. The lowest BCUT2D eigenvalue weighted by Crippen LogP contribution is -2.38. The summed E-state index contributed by atoms with van der Waals surface area (Å²) in [5.74, 6) is -1.29. The Bertz CT molecular complexity index is 2680. The van der Waals surface area contributed by atoms with Gasteiger partial charge in [-0.3, -0.25) is 36.5 Å². The molecule has 6 heterocycles. The van der Waals surface area contributed by atoms with Crippen LogP contribution in [0.4, 0.5) is 14.6 Å². The second-order valence-corrected chi connectivity index (χ2v) is 16.9. The second-order valence-electron chi connectivity index (χ2n) is 13.7. The molecule has 3 aromatic heterocycles. The number of ether oxygens (including phenoxy) is 3. The predicted molar refractivity (Wildman–Crippen MR) is 205 cm³/mol. The maximum atomic E-state index is 16.9. The number of imidazole rings is 1. The molecule has 3 saturated heterocycles. The van der Waals surface area contributed by atoms with Gasteiger partial charge in [-0.05, 0) is 24.3 Å². The van der Waals surface area contributed by atoms with Crippen molar-refractivity contribution in [2.75, 3.05) is 38.9 Å². The van der Waals surface area contributed by atoms with Crippen LogP contribution in [0.2, 0.25) is 0 Å². The molecule has 330 valence electrons. The quantitative estimate of drug-likeness (QED) is 0.107. The van der Waals surface area contributed by atoms with Crippen LogP contribution in [0.5, 0.6) is 0 Å². The number of halogens is 2. The zero-order chi connectivity index (χ0) is 44.3. The lowest BCUT2D eigenvalue weighted by molar-refractivity contribution is -0.0717. The van der Waals surface area contributed by atoms with Crippen molar-refractivity contribution in [3.63, 3.8) is 0 Å². The van der Waals surface area contributed by atoms with Gasteiger partial charge in [0.25, 0.3) is 5.91 Å². The summed E-state index contributed by atoms with van der Waals surface area (Å²) in [5, 5.41) is 29.0. The van der Waals surface area contributed by atoms with Crippen molar-refractivity contribution in [2.45, 2.75) is 62.1 Å². The molecule has 0 bridgehead atoms. The van der Waals surface area contributed by atoms with E-state index in [9.17, 15) is 29.2 Å². The minimum atomic E-state index is -4.98. The molecule has 0 radical (unpaired) electrons. The number of nitrogens with one attached hydrogen (secondary N) is 1. The van der Waals surface area contributed by atoms with Crippen molar-refractivity contribution in [2.24, 2.45) is 0 Å². The van der Waals surface area contributed by atoms with Gasteiger partial charge in [-0.25, -0.2) is 42.3 Å². The number of fused-ring (bicyclic) bond motifs is 4. The van der Waals surface area contributed by atoms with E-state index < -0.39 is 103 Å². The average Bonchev–Trinajstić information content (AvgIpc) is 4.06. The Kier molecular flexibility index (Phi) is 13.0. The van der Waals surface area contributed by atoms with Crippen LogP contribution in [0.3, 0.4) is 0 Å². The first-order valence-electron chi connectivity index (χ1n) is 18.9. The highest BCUT2D eigenvalue weighted by Gasteiger charge is 2.56. The topological polar surface area (TPSA) is 285 Å². The molecule has 23 nitrogen and oxygen atoms in total. The highest BCUT2D eigenvalue weighted by Crippen LogP contribution is 2.58. The van der Waals surface area contributed by atoms with Gasteiger partial charge in [0.1, 0.15) is 36.3 Å². The van der Waals surface area contributed by atoms with Crippen molar-refractivity contribution in [1.29, 1.82) is 10.5 Å². The molecule has 1 amide bonds. The molecule has 0 saturated carbocycles. The summed E-state index contributed by atoms with van der Waals surface area (Å²) < 4.78 is 115. The third-order valence-electron chi connectivity index (χ3n) is 9.81. The molecule has 3 unspecified atom stereocenters. The molecule has 3 aliphatic heterocycles. The van der Waals surface area contributed by atoms with Gasteiger partial charge >= 0.3 is 21.6 Å². The molecule has 63 heavy (non-hydrogen) atoms. The fraction of sp³-hybridized carbons (Fsp3) is 0.417. The lowest BCUT2D eigenvalue weighted by atomic mass is 10.1. The summed E-state index contributed by atoms with van der Waals surface area (Å²) in [6.07, 6.45) is -13.5. The van der Waals surface area contributed by atoms with E-state index in [0.717, 1.165) is 29.0 Å². The Morgan fingerprint density at radius 3 is 2.13 bits per heavy atom. The Labute approximate surface area is 354 Å². The maximum absolute atomic E-state index is 16.9. The number of methoxy groups -OCH3 is 1. The summed E-state index contributed by atoms with van der Waals surface area (Å²) in [6, 6.07) is 16.2. The van der Waals surface area contributed by atoms with Crippen LogP contribution in [-0.4, -0.2) is 117 Å². The standard InChI is InChI=1S/C36H34F2N10O13P2/c1-53-36(50)21-10-5-11-22-27(21)45-46-48(22)35-26(38)30-24(59-35)17-57-62(51,54-14-6-12-39)60-29-23(16-56-63(52,61-30)55-15-7-13-40)58-34(25(29)37)47-19-43-28-31(41-18-42-32(28)47)44-33(49)20-8-3-2-4-9-20/h2-5,8-11,18-19,23-26,29-30,34-35H,6-7,14-17H2,1H3,(H,41,42,44,49)/t23-,24-,25-,26-,29-,30-,34-,35?,62?,63?/m1/s1. The monoisotopic (exact) mass is 914 g/mol. The van der Waals surface area contributed by atoms with E-state index in [-0.39, 0.29) is 46.4 Å². The van der Waals surface area contributed by atoms with Crippen LogP contribution in [0.25, 0.3) is 22.2 Å². The number of phosphoric ester groups is 2. The minimum Gasteiger partial charge on any atom is -0.465 e. The molecule has 8 rings (SSSR count). The van der Waals surface area contributed by atoms with Crippen LogP contribution in [0.1, 0.15) is 46.0 Å². The van der Waals surface area contributed by atoms with E-state index in [1.165, 1.54) is 18.2 Å². The van der Waals surface area contributed by atoms with Gasteiger partial charge in [-0.15, -0.1) is 5.10 Å². The Balaban J connectivity index is 1.11. The van der Waals surface area contributed by atoms with Gasteiger partial charge in [0.2, 0.25) is 0 Å². The average molecular weight is 915 g/mol. The molecule has 5 aromatic rings. The number of hydrogen-bond acceptors (Lipinski definition) is 20. The fourth-order valence-corrected chi connectivity index (χ4v) is 9.67. The molecular weight excluding hydrogens is 880 g/mol. The number of alkyl halides is 2. The third kappa shape index (κ3) is 8.94. The maximum Gasteiger partial charge on any atom is 0.475 e. The van der Waals surface area contributed by atoms with Crippen LogP contribution in [-0.2, 0) is 50.5 Å². The van der Waals surface area contributed by atoms with Gasteiger partial charge in [0, 0.05) is 5.56 Å². The van der Waals surface area contributed by atoms with Crippen molar-refractivity contribution >= 4 is 55.5 Å². The number of hydrogen-bond donors (Lipinski definition) is 1. The first-order chi connectivity index (χ1) is 30.5. The summed E-state index contributed by atoms with van der Waals surface area (Å²) in [5.41, 5.74) is 0.472.